The second-order valence-corrected chi connectivity index (χ2v) is 6.39. The van der Waals surface area contributed by atoms with Gasteiger partial charge in [0.15, 0.2) is 5.09 Å². The first-order valence-corrected chi connectivity index (χ1v) is 8.00. The zero-order chi connectivity index (χ0) is 14.7. The number of rotatable bonds is 4. The summed E-state index contributed by atoms with van der Waals surface area (Å²) in [5.74, 6) is 1.18. The Labute approximate surface area is 139 Å². The molecule has 0 atom stereocenters. The highest BCUT2D eigenvalue weighted by molar-refractivity contribution is 9.10. The first-order valence-electron chi connectivity index (χ1n) is 6.01. The molecule has 106 valence electrons. The van der Waals surface area contributed by atoms with Gasteiger partial charge in [-0.1, -0.05) is 23.4 Å². The van der Waals surface area contributed by atoms with Crippen molar-refractivity contribution in [3.05, 3.63) is 64.0 Å². The van der Waals surface area contributed by atoms with Gasteiger partial charge in [-0.3, -0.25) is 0 Å². The smallest absolute Gasteiger partial charge is 0.218 e. The molecule has 2 aromatic heterocycles. The number of benzene rings is 1. The van der Waals surface area contributed by atoms with Crippen molar-refractivity contribution in [2.75, 3.05) is 0 Å². The lowest BCUT2D eigenvalue weighted by Crippen LogP contribution is -1.73. The van der Waals surface area contributed by atoms with E-state index in [0.717, 1.165) is 14.5 Å². The second kappa shape index (κ2) is 6.56. The monoisotopic (exact) mass is 381 g/mol. The fourth-order valence-electron chi connectivity index (χ4n) is 1.58. The summed E-state index contributed by atoms with van der Waals surface area (Å²) in [6.45, 7) is 0. The van der Waals surface area contributed by atoms with Crippen LogP contribution >= 0.6 is 39.3 Å². The Morgan fingerprint density at radius 3 is 2.71 bits per heavy atom. The van der Waals surface area contributed by atoms with Gasteiger partial charge < -0.3 is 8.83 Å². The summed E-state index contributed by atoms with van der Waals surface area (Å²) >= 11 is 10.9. The molecule has 2 heterocycles. The topological polar surface area (TPSA) is 38.6 Å². The van der Waals surface area contributed by atoms with Crippen molar-refractivity contribution in [2.24, 2.45) is 4.99 Å². The normalized spacial score (nSPS) is 11.3. The third kappa shape index (κ3) is 3.81. The van der Waals surface area contributed by atoms with Gasteiger partial charge in [-0.15, -0.1) is 0 Å². The zero-order valence-corrected chi connectivity index (χ0v) is 13.8. The van der Waals surface area contributed by atoms with Crippen LogP contribution in [0.2, 0.25) is 5.02 Å². The lowest BCUT2D eigenvalue weighted by atomic mass is 10.4. The van der Waals surface area contributed by atoms with Crippen LogP contribution in [0.3, 0.4) is 0 Å². The van der Waals surface area contributed by atoms with Crippen molar-refractivity contribution < 1.29 is 8.83 Å². The van der Waals surface area contributed by atoms with Gasteiger partial charge in [-0.2, -0.15) is 0 Å². The minimum absolute atomic E-state index is 0.537. The summed E-state index contributed by atoms with van der Waals surface area (Å²) < 4.78 is 11.7. The molecule has 3 rings (SSSR count). The molecule has 0 aliphatic heterocycles. The summed E-state index contributed by atoms with van der Waals surface area (Å²) in [7, 11) is 0. The maximum atomic E-state index is 5.87. The molecular formula is C15H9BrClNO2S. The third-order valence-electron chi connectivity index (χ3n) is 2.52. The Kier molecular flexibility index (Phi) is 4.53. The molecule has 3 nitrogen and oxygen atoms in total. The lowest BCUT2D eigenvalue weighted by Gasteiger charge is -1.98. The second-order valence-electron chi connectivity index (χ2n) is 4.05. The highest BCUT2D eigenvalue weighted by Gasteiger charge is 2.09. The SMILES string of the molecule is Clc1ccc(Sc2oc(C=Nc3ccco3)cc2Br)cc1. The molecule has 0 spiro atoms. The molecule has 6 heteroatoms. The van der Waals surface area contributed by atoms with E-state index in [2.05, 4.69) is 20.9 Å². The molecule has 1 aromatic carbocycles. The van der Waals surface area contributed by atoms with E-state index in [1.165, 1.54) is 11.8 Å². The average Bonchev–Trinajstić information content (AvgIpc) is 3.10. The third-order valence-corrected chi connectivity index (χ3v) is 4.62. The van der Waals surface area contributed by atoms with Crippen LogP contribution in [0, 0.1) is 0 Å². The van der Waals surface area contributed by atoms with E-state index in [4.69, 9.17) is 20.4 Å². The maximum absolute atomic E-state index is 5.87. The van der Waals surface area contributed by atoms with Gasteiger partial charge in [-0.25, -0.2) is 4.99 Å². The van der Waals surface area contributed by atoms with Crippen molar-refractivity contribution in [1.29, 1.82) is 0 Å². The Morgan fingerprint density at radius 1 is 1.19 bits per heavy atom. The van der Waals surface area contributed by atoms with E-state index >= 15 is 0 Å². The molecule has 3 aromatic rings. The summed E-state index contributed by atoms with van der Waals surface area (Å²) in [5, 5.41) is 1.47. The first-order chi connectivity index (χ1) is 10.2. The Bertz CT molecular complexity index is 751. The van der Waals surface area contributed by atoms with E-state index in [0.29, 0.717) is 16.7 Å². The first kappa shape index (κ1) is 14.5. The molecule has 0 saturated heterocycles. The molecule has 0 bridgehead atoms. The van der Waals surface area contributed by atoms with Gasteiger partial charge in [-0.05, 0) is 46.3 Å². The fraction of sp³-hybridized carbons (Fsp3) is 0. The van der Waals surface area contributed by atoms with Crippen molar-refractivity contribution >= 4 is 51.4 Å². The average molecular weight is 383 g/mol. The number of halogens is 2. The molecule has 0 amide bonds. The van der Waals surface area contributed by atoms with E-state index in [1.807, 2.05) is 30.3 Å². The Balaban J connectivity index is 1.76. The van der Waals surface area contributed by atoms with Crippen LogP contribution in [-0.2, 0) is 0 Å². The van der Waals surface area contributed by atoms with Gasteiger partial charge in [0.2, 0.25) is 5.88 Å². The van der Waals surface area contributed by atoms with Gasteiger partial charge in [0, 0.05) is 22.1 Å². The summed E-state index contributed by atoms with van der Waals surface area (Å²) in [4.78, 5) is 5.22. The largest absolute Gasteiger partial charge is 0.447 e. The van der Waals surface area contributed by atoms with Crippen LogP contribution in [0.5, 0.6) is 0 Å². The van der Waals surface area contributed by atoms with Crippen LogP contribution in [0.15, 0.2) is 77.0 Å². The van der Waals surface area contributed by atoms with Crippen LogP contribution in [0.1, 0.15) is 5.76 Å². The molecule has 0 unspecified atom stereocenters. The summed E-state index contributed by atoms with van der Waals surface area (Å²) in [6.07, 6.45) is 3.20. The Hall–Kier alpha value is -1.43. The molecule has 21 heavy (non-hydrogen) atoms. The van der Waals surface area contributed by atoms with Gasteiger partial charge in [0.25, 0.3) is 0 Å². The standard InChI is InChI=1S/C15H9BrClNO2S/c16-13-8-11(9-18-14-2-1-7-19-14)20-15(13)21-12-5-3-10(17)4-6-12/h1-9H. The predicted molar refractivity (Wildman–Crippen MR) is 87.9 cm³/mol. The number of aliphatic imine (C=N–C) groups is 1. The number of furan rings is 2. The van der Waals surface area contributed by atoms with Crippen molar-refractivity contribution in [3.63, 3.8) is 0 Å². The van der Waals surface area contributed by atoms with Crippen LogP contribution in [0.25, 0.3) is 0 Å². The van der Waals surface area contributed by atoms with Crippen LogP contribution in [-0.4, -0.2) is 6.21 Å². The predicted octanol–water partition coefficient (Wildman–Crippen LogP) is 6.19. The van der Waals surface area contributed by atoms with E-state index in [1.54, 1.807) is 24.6 Å². The number of hydrogen-bond donors (Lipinski definition) is 0. The lowest BCUT2D eigenvalue weighted by molar-refractivity contribution is 0.466. The van der Waals surface area contributed by atoms with Gasteiger partial charge in [0.05, 0.1) is 17.0 Å². The molecule has 0 aliphatic rings. The highest BCUT2D eigenvalue weighted by Crippen LogP contribution is 2.36. The molecule has 0 aliphatic carbocycles. The summed E-state index contributed by atoms with van der Waals surface area (Å²) in [6, 6.07) is 13.0. The van der Waals surface area contributed by atoms with E-state index in [9.17, 15) is 0 Å². The number of hydrogen-bond acceptors (Lipinski definition) is 4. The quantitative estimate of drug-likeness (QED) is 0.505. The molecule has 0 radical (unpaired) electrons. The van der Waals surface area contributed by atoms with E-state index < -0.39 is 0 Å². The van der Waals surface area contributed by atoms with Crippen LogP contribution < -0.4 is 0 Å². The molecule has 0 N–H and O–H groups in total. The summed E-state index contributed by atoms with van der Waals surface area (Å²) in [5.41, 5.74) is 0. The van der Waals surface area contributed by atoms with Crippen LogP contribution in [0.4, 0.5) is 5.88 Å². The molecule has 0 fully saturated rings. The number of nitrogens with zero attached hydrogens (tertiary/aromatic N) is 1. The maximum Gasteiger partial charge on any atom is 0.218 e. The van der Waals surface area contributed by atoms with Crippen molar-refractivity contribution in [2.45, 2.75) is 9.99 Å². The zero-order valence-electron chi connectivity index (χ0n) is 10.6. The molecular weight excluding hydrogens is 374 g/mol. The van der Waals surface area contributed by atoms with Crippen molar-refractivity contribution in [1.82, 2.24) is 0 Å². The van der Waals surface area contributed by atoms with E-state index in [-0.39, 0.29) is 0 Å². The molecule has 0 saturated carbocycles. The highest BCUT2D eigenvalue weighted by atomic mass is 79.9. The minimum atomic E-state index is 0.537. The van der Waals surface area contributed by atoms with Gasteiger partial charge >= 0.3 is 0 Å². The minimum Gasteiger partial charge on any atom is -0.447 e. The fourth-order valence-corrected chi connectivity index (χ4v) is 3.04. The Morgan fingerprint density at radius 2 is 2.00 bits per heavy atom. The van der Waals surface area contributed by atoms with Gasteiger partial charge in [0.1, 0.15) is 5.76 Å². The van der Waals surface area contributed by atoms with Crippen molar-refractivity contribution in [3.8, 4) is 0 Å².